The van der Waals surface area contributed by atoms with E-state index < -0.39 is 0 Å². The van der Waals surface area contributed by atoms with Gasteiger partial charge in [-0.15, -0.1) is 0 Å². The minimum absolute atomic E-state index is 0.0706. The fourth-order valence-corrected chi connectivity index (χ4v) is 1.22. The molecule has 0 bridgehead atoms. The molecule has 0 aliphatic rings. The van der Waals surface area contributed by atoms with E-state index in [2.05, 4.69) is 5.43 Å². The summed E-state index contributed by atoms with van der Waals surface area (Å²) in [5, 5.41) is 0. The molecule has 1 aromatic carbocycles. The van der Waals surface area contributed by atoms with Crippen molar-refractivity contribution in [1.82, 2.24) is 5.43 Å². The van der Waals surface area contributed by atoms with Crippen LogP contribution >= 0.6 is 0 Å². The molecule has 0 unspecified atom stereocenters. The van der Waals surface area contributed by atoms with Crippen molar-refractivity contribution in [3.63, 3.8) is 0 Å². The molecule has 0 saturated heterocycles. The molecule has 0 aliphatic heterocycles. The minimum Gasteiger partial charge on any atom is -0.462 e. The number of rotatable bonds is 4. The molecule has 0 aliphatic carbocycles. The first-order chi connectivity index (χ1) is 7.19. The van der Waals surface area contributed by atoms with Crippen LogP contribution < -0.4 is 11.3 Å². The number of nitrogens with two attached hydrogens (primary N) is 1. The fraction of sp³-hybridized carbons (Fsp3) is 0.364. The largest absolute Gasteiger partial charge is 0.462 e. The second kappa shape index (κ2) is 5.48. The van der Waals surface area contributed by atoms with Crippen molar-refractivity contribution in [3.05, 3.63) is 35.4 Å². The van der Waals surface area contributed by atoms with Gasteiger partial charge in [-0.05, 0) is 31.5 Å². The Morgan fingerprint density at radius 3 is 2.53 bits per heavy atom. The quantitative estimate of drug-likeness (QED) is 0.446. The molecular formula is C11H16N2O2. The standard InChI is InChI=1S/C11H16N2O2/c1-3-15-11(14)10-6-4-9(5-7-10)8(2)13-12/h4-8,13H,3,12H2,1-2H3/t8-/m1/s1. The number of esters is 1. The van der Waals surface area contributed by atoms with Crippen LogP contribution in [0.1, 0.15) is 35.8 Å². The van der Waals surface area contributed by atoms with Crippen LogP contribution in [0, 0.1) is 0 Å². The van der Waals surface area contributed by atoms with Crippen molar-refractivity contribution >= 4 is 5.97 Å². The predicted molar refractivity (Wildman–Crippen MR) is 58.1 cm³/mol. The summed E-state index contributed by atoms with van der Waals surface area (Å²) >= 11 is 0. The SMILES string of the molecule is CCOC(=O)c1ccc([C@@H](C)NN)cc1. The van der Waals surface area contributed by atoms with Gasteiger partial charge in [0.2, 0.25) is 0 Å². The summed E-state index contributed by atoms with van der Waals surface area (Å²) in [4.78, 5) is 11.3. The first-order valence-corrected chi connectivity index (χ1v) is 4.92. The highest BCUT2D eigenvalue weighted by Gasteiger charge is 2.07. The molecule has 4 heteroatoms. The molecule has 0 aromatic heterocycles. The second-order valence-corrected chi connectivity index (χ2v) is 3.23. The lowest BCUT2D eigenvalue weighted by Crippen LogP contribution is -2.25. The van der Waals surface area contributed by atoms with E-state index in [9.17, 15) is 4.79 Å². The molecule has 0 spiro atoms. The molecule has 0 heterocycles. The van der Waals surface area contributed by atoms with Crippen LogP contribution in [0.3, 0.4) is 0 Å². The molecule has 82 valence electrons. The summed E-state index contributed by atoms with van der Waals surface area (Å²) in [6, 6.07) is 7.26. The monoisotopic (exact) mass is 208 g/mol. The van der Waals surface area contributed by atoms with E-state index in [0.717, 1.165) is 5.56 Å². The van der Waals surface area contributed by atoms with Gasteiger partial charge in [-0.2, -0.15) is 0 Å². The van der Waals surface area contributed by atoms with Crippen molar-refractivity contribution in [2.75, 3.05) is 6.61 Å². The van der Waals surface area contributed by atoms with Crippen molar-refractivity contribution in [2.24, 2.45) is 5.84 Å². The molecule has 0 saturated carbocycles. The number of hydrogen-bond donors (Lipinski definition) is 2. The third kappa shape index (κ3) is 3.04. The maximum absolute atomic E-state index is 11.3. The van der Waals surface area contributed by atoms with Crippen molar-refractivity contribution in [3.8, 4) is 0 Å². The fourth-order valence-electron chi connectivity index (χ4n) is 1.22. The van der Waals surface area contributed by atoms with Crippen LogP contribution in [0.2, 0.25) is 0 Å². The van der Waals surface area contributed by atoms with E-state index in [0.29, 0.717) is 12.2 Å². The summed E-state index contributed by atoms with van der Waals surface area (Å²) in [5.41, 5.74) is 4.23. The Kier molecular flexibility index (Phi) is 4.27. The highest BCUT2D eigenvalue weighted by molar-refractivity contribution is 5.89. The van der Waals surface area contributed by atoms with Gasteiger partial charge in [0.1, 0.15) is 0 Å². The Bertz CT molecular complexity index is 322. The number of carbonyl (C=O) groups is 1. The molecule has 4 nitrogen and oxygen atoms in total. The maximum atomic E-state index is 11.3. The lowest BCUT2D eigenvalue weighted by atomic mass is 10.1. The average molecular weight is 208 g/mol. The Balaban J connectivity index is 2.76. The predicted octanol–water partition coefficient (Wildman–Crippen LogP) is 1.39. The Morgan fingerprint density at radius 2 is 2.07 bits per heavy atom. The van der Waals surface area contributed by atoms with Gasteiger partial charge in [-0.1, -0.05) is 12.1 Å². The minimum atomic E-state index is -0.294. The van der Waals surface area contributed by atoms with E-state index in [4.69, 9.17) is 10.6 Å². The zero-order chi connectivity index (χ0) is 11.3. The smallest absolute Gasteiger partial charge is 0.338 e. The summed E-state index contributed by atoms with van der Waals surface area (Å²) in [7, 11) is 0. The molecular weight excluding hydrogens is 192 g/mol. The van der Waals surface area contributed by atoms with Gasteiger partial charge < -0.3 is 4.74 Å². The Hall–Kier alpha value is -1.39. The number of carbonyl (C=O) groups excluding carboxylic acids is 1. The molecule has 15 heavy (non-hydrogen) atoms. The number of benzene rings is 1. The highest BCUT2D eigenvalue weighted by Crippen LogP contribution is 2.12. The molecule has 0 fully saturated rings. The van der Waals surface area contributed by atoms with Gasteiger partial charge in [0.15, 0.2) is 0 Å². The summed E-state index contributed by atoms with van der Waals surface area (Å²) in [5.74, 6) is 5.01. The van der Waals surface area contributed by atoms with Gasteiger partial charge in [0.25, 0.3) is 0 Å². The summed E-state index contributed by atoms with van der Waals surface area (Å²) < 4.78 is 4.88. The number of hydrazine groups is 1. The summed E-state index contributed by atoms with van der Waals surface area (Å²) in [6.45, 7) is 4.12. The first kappa shape index (κ1) is 11.7. The molecule has 0 amide bonds. The molecule has 0 radical (unpaired) electrons. The van der Waals surface area contributed by atoms with Crippen LogP contribution in [-0.4, -0.2) is 12.6 Å². The van der Waals surface area contributed by atoms with Gasteiger partial charge in [-0.25, -0.2) is 4.79 Å². The number of nitrogens with one attached hydrogen (secondary N) is 1. The molecule has 1 aromatic rings. The van der Waals surface area contributed by atoms with E-state index in [1.807, 2.05) is 19.1 Å². The average Bonchev–Trinajstić information content (AvgIpc) is 2.28. The topological polar surface area (TPSA) is 64.3 Å². The van der Waals surface area contributed by atoms with Gasteiger partial charge in [0.05, 0.1) is 12.2 Å². The second-order valence-electron chi connectivity index (χ2n) is 3.23. The molecule has 3 N–H and O–H groups in total. The number of hydrogen-bond acceptors (Lipinski definition) is 4. The van der Waals surface area contributed by atoms with Gasteiger partial charge in [-0.3, -0.25) is 11.3 Å². The third-order valence-corrected chi connectivity index (χ3v) is 2.17. The summed E-state index contributed by atoms with van der Waals surface area (Å²) in [6.07, 6.45) is 0. The van der Waals surface area contributed by atoms with E-state index in [-0.39, 0.29) is 12.0 Å². The van der Waals surface area contributed by atoms with E-state index in [1.54, 1.807) is 19.1 Å². The lowest BCUT2D eigenvalue weighted by molar-refractivity contribution is 0.0526. The van der Waals surface area contributed by atoms with Crippen molar-refractivity contribution < 1.29 is 9.53 Å². The maximum Gasteiger partial charge on any atom is 0.338 e. The van der Waals surface area contributed by atoms with Crippen molar-refractivity contribution in [1.29, 1.82) is 0 Å². The van der Waals surface area contributed by atoms with Crippen LogP contribution in [0.4, 0.5) is 0 Å². The lowest BCUT2D eigenvalue weighted by Gasteiger charge is -2.10. The highest BCUT2D eigenvalue weighted by atomic mass is 16.5. The number of ether oxygens (including phenoxy) is 1. The van der Waals surface area contributed by atoms with Gasteiger partial charge >= 0.3 is 5.97 Å². The Morgan fingerprint density at radius 1 is 1.47 bits per heavy atom. The molecule has 1 atom stereocenters. The third-order valence-electron chi connectivity index (χ3n) is 2.17. The zero-order valence-electron chi connectivity index (χ0n) is 8.99. The van der Waals surface area contributed by atoms with E-state index >= 15 is 0 Å². The van der Waals surface area contributed by atoms with E-state index in [1.165, 1.54) is 0 Å². The first-order valence-electron chi connectivity index (χ1n) is 4.92. The van der Waals surface area contributed by atoms with Crippen LogP contribution in [0.15, 0.2) is 24.3 Å². The molecule has 1 rings (SSSR count). The van der Waals surface area contributed by atoms with Gasteiger partial charge in [0, 0.05) is 6.04 Å². The zero-order valence-corrected chi connectivity index (χ0v) is 8.99. The Labute approximate surface area is 89.4 Å². The van der Waals surface area contributed by atoms with Crippen LogP contribution in [0.25, 0.3) is 0 Å². The van der Waals surface area contributed by atoms with Crippen molar-refractivity contribution in [2.45, 2.75) is 19.9 Å². The van der Waals surface area contributed by atoms with Crippen LogP contribution in [-0.2, 0) is 4.74 Å². The van der Waals surface area contributed by atoms with Crippen LogP contribution in [0.5, 0.6) is 0 Å². The normalized spacial score (nSPS) is 12.2.